The van der Waals surface area contributed by atoms with Crippen LogP contribution < -0.4 is 15.0 Å². The lowest BCUT2D eigenvalue weighted by Crippen LogP contribution is -2.44. The van der Waals surface area contributed by atoms with Crippen LogP contribution in [0, 0.1) is 6.92 Å². The maximum atomic E-state index is 12.5. The molecule has 1 aliphatic heterocycles. The molecule has 0 spiro atoms. The lowest BCUT2D eigenvalue weighted by atomic mass is 10.1. The van der Waals surface area contributed by atoms with Crippen molar-refractivity contribution in [1.82, 2.24) is 4.90 Å². The van der Waals surface area contributed by atoms with Crippen LogP contribution in [0.15, 0.2) is 42.5 Å². The van der Waals surface area contributed by atoms with Crippen molar-refractivity contribution in [2.75, 3.05) is 50.1 Å². The van der Waals surface area contributed by atoms with E-state index < -0.39 is 0 Å². The molecule has 1 aliphatic rings. The Morgan fingerprint density at radius 3 is 2.42 bits per heavy atom. The number of likely N-dealkylation sites (N-methyl/N-ethyl adjacent to an activating group) is 1. The first kappa shape index (κ1) is 18.3. The Kier molecular flexibility index (Phi) is 5.78. The lowest BCUT2D eigenvalue weighted by molar-refractivity contribution is 0.102. The second-order valence-corrected chi connectivity index (χ2v) is 6.70. The summed E-state index contributed by atoms with van der Waals surface area (Å²) in [5, 5.41) is 2.96. The van der Waals surface area contributed by atoms with Crippen molar-refractivity contribution in [2.45, 2.75) is 13.8 Å². The van der Waals surface area contributed by atoms with Crippen LogP contribution in [0.5, 0.6) is 5.75 Å². The second kappa shape index (κ2) is 8.23. The van der Waals surface area contributed by atoms with Gasteiger partial charge in [-0.1, -0.05) is 6.07 Å². The molecule has 3 rings (SSSR count). The largest absolute Gasteiger partial charge is 0.494 e. The van der Waals surface area contributed by atoms with Gasteiger partial charge in [-0.05, 0) is 62.9 Å². The summed E-state index contributed by atoms with van der Waals surface area (Å²) in [7, 11) is 2.15. The highest BCUT2D eigenvalue weighted by Gasteiger charge is 2.14. The van der Waals surface area contributed by atoms with Gasteiger partial charge in [0.15, 0.2) is 0 Å². The highest BCUT2D eigenvalue weighted by molar-refractivity contribution is 6.04. The van der Waals surface area contributed by atoms with Crippen LogP contribution in [-0.4, -0.2) is 50.6 Å². The van der Waals surface area contributed by atoms with Crippen molar-refractivity contribution in [3.05, 3.63) is 53.6 Å². The van der Waals surface area contributed by atoms with Gasteiger partial charge in [0.25, 0.3) is 5.91 Å². The van der Waals surface area contributed by atoms with Crippen LogP contribution in [0.1, 0.15) is 22.8 Å². The number of anilines is 2. The molecule has 0 radical (unpaired) electrons. The molecule has 1 amide bonds. The van der Waals surface area contributed by atoms with Crippen LogP contribution in [-0.2, 0) is 0 Å². The first-order chi connectivity index (χ1) is 12.6. The minimum absolute atomic E-state index is 0.127. The third-order valence-corrected chi connectivity index (χ3v) is 4.74. The topological polar surface area (TPSA) is 44.8 Å². The molecule has 0 bridgehead atoms. The Morgan fingerprint density at radius 2 is 1.77 bits per heavy atom. The average molecular weight is 353 g/mol. The van der Waals surface area contributed by atoms with E-state index in [1.54, 1.807) is 6.07 Å². The molecule has 138 valence electrons. The molecule has 0 saturated carbocycles. The molecule has 0 atom stereocenters. The Bertz CT molecular complexity index is 750. The number of piperazine rings is 1. The van der Waals surface area contributed by atoms with Gasteiger partial charge in [0.2, 0.25) is 0 Å². The van der Waals surface area contributed by atoms with Gasteiger partial charge < -0.3 is 19.9 Å². The van der Waals surface area contributed by atoms with Crippen LogP contribution in [0.3, 0.4) is 0 Å². The summed E-state index contributed by atoms with van der Waals surface area (Å²) in [6.07, 6.45) is 0. The molecule has 1 N–H and O–H groups in total. The molecule has 2 aromatic rings. The molecule has 26 heavy (non-hydrogen) atoms. The Morgan fingerprint density at radius 1 is 1.08 bits per heavy atom. The molecule has 0 aliphatic carbocycles. The van der Waals surface area contributed by atoms with Gasteiger partial charge >= 0.3 is 0 Å². The van der Waals surface area contributed by atoms with E-state index in [1.165, 1.54) is 5.69 Å². The number of carbonyl (C=O) groups excluding carboxylic acids is 1. The monoisotopic (exact) mass is 353 g/mol. The number of nitrogens with zero attached hydrogens (tertiary/aromatic N) is 2. The molecule has 2 aromatic carbocycles. The van der Waals surface area contributed by atoms with E-state index in [2.05, 4.69) is 34.3 Å². The van der Waals surface area contributed by atoms with Gasteiger partial charge in [-0.15, -0.1) is 0 Å². The zero-order valence-electron chi connectivity index (χ0n) is 15.8. The third kappa shape index (κ3) is 4.35. The zero-order valence-corrected chi connectivity index (χ0v) is 15.8. The molecule has 1 heterocycles. The summed E-state index contributed by atoms with van der Waals surface area (Å²) < 4.78 is 5.58. The van der Waals surface area contributed by atoms with Crippen LogP contribution >= 0.6 is 0 Å². The predicted molar refractivity (Wildman–Crippen MR) is 106 cm³/mol. The maximum Gasteiger partial charge on any atom is 0.255 e. The molecule has 1 saturated heterocycles. The number of aryl methyl sites for hydroxylation is 1. The van der Waals surface area contributed by atoms with E-state index in [0.717, 1.165) is 43.2 Å². The normalized spacial score (nSPS) is 15.0. The fourth-order valence-corrected chi connectivity index (χ4v) is 3.08. The van der Waals surface area contributed by atoms with Crippen molar-refractivity contribution < 1.29 is 9.53 Å². The first-order valence-corrected chi connectivity index (χ1v) is 9.15. The fourth-order valence-electron chi connectivity index (χ4n) is 3.08. The number of benzene rings is 2. The van der Waals surface area contributed by atoms with Crippen molar-refractivity contribution in [3.8, 4) is 5.75 Å². The van der Waals surface area contributed by atoms with E-state index in [1.807, 2.05) is 38.1 Å². The Hall–Kier alpha value is -2.53. The highest BCUT2D eigenvalue weighted by Crippen LogP contribution is 2.22. The summed E-state index contributed by atoms with van der Waals surface area (Å²) in [5.41, 5.74) is 3.62. The molecule has 1 fully saturated rings. The van der Waals surface area contributed by atoms with Crippen LogP contribution in [0.25, 0.3) is 0 Å². The quantitative estimate of drug-likeness (QED) is 0.895. The second-order valence-electron chi connectivity index (χ2n) is 6.70. The minimum Gasteiger partial charge on any atom is -0.494 e. The minimum atomic E-state index is -0.127. The Balaban J connectivity index is 1.65. The van der Waals surface area contributed by atoms with E-state index in [4.69, 9.17) is 4.74 Å². The Labute approximate surface area is 155 Å². The number of amides is 1. The summed E-state index contributed by atoms with van der Waals surface area (Å²) in [4.78, 5) is 17.2. The van der Waals surface area contributed by atoms with Gasteiger partial charge in [-0.25, -0.2) is 0 Å². The number of ether oxygens (including phenoxy) is 1. The number of hydrogen-bond acceptors (Lipinski definition) is 4. The number of rotatable bonds is 5. The maximum absolute atomic E-state index is 12.5. The van der Waals surface area contributed by atoms with Crippen molar-refractivity contribution in [2.24, 2.45) is 0 Å². The molecule has 5 heteroatoms. The summed E-state index contributed by atoms with van der Waals surface area (Å²) >= 11 is 0. The zero-order chi connectivity index (χ0) is 18.5. The summed E-state index contributed by atoms with van der Waals surface area (Å²) in [6.45, 7) is 8.72. The smallest absolute Gasteiger partial charge is 0.255 e. The van der Waals surface area contributed by atoms with Crippen molar-refractivity contribution in [1.29, 1.82) is 0 Å². The van der Waals surface area contributed by atoms with E-state index in [-0.39, 0.29) is 5.91 Å². The standard InChI is InChI=1S/C21H27N3O2/c1-4-26-20-15-17(6-5-16(20)2)21(25)22-18-7-9-19(10-8-18)24-13-11-23(3)12-14-24/h5-10,15H,4,11-14H2,1-3H3,(H,22,25). The number of hydrogen-bond donors (Lipinski definition) is 1. The van der Waals surface area contributed by atoms with E-state index >= 15 is 0 Å². The summed E-state index contributed by atoms with van der Waals surface area (Å²) in [6, 6.07) is 13.6. The number of nitrogens with one attached hydrogen (secondary N) is 1. The highest BCUT2D eigenvalue weighted by atomic mass is 16.5. The average Bonchev–Trinajstić information content (AvgIpc) is 2.65. The molecule has 5 nitrogen and oxygen atoms in total. The summed E-state index contributed by atoms with van der Waals surface area (Å²) in [5.74, 6) is 0.629. The van der Waals surface area contributed by atoms with E-state index in [0.29, 0.717) is 12.2 Å². The molecule has 0 aromatic heterocycles. The molecular formula is C21H27N3O2. The molecule has 0 unspecified atom stereocenters. The molecular weight excluding hydrogens is 326 g/mol. The van der Waals surface area contributed by atoms with Gasteiger partial charge in [-0.2, -0.15) is 0 Å². The van der Waals surface area contributed by atoms with Crippen molar-refractivity contribution in [3.63, 3.8) is 0 Å². The SMILES string of the molecule is CCOc1cc(C(=O)Nc2ccc(N3CCN(C)CC3)cc2)ccc1C. The van der Waals surface area contributed by atoms with Crippen molar-refractivity contribution >= 4 is 17.3 Å². The van der Waals surface area contributed by atoms with Gasteiger partial charge in [0.05, 0.1) is 6.61 Å². The fraction of sp³-hybridized carbons (Fsp3) is 0.381. The predicted octanol–water partition coefficient (Wildman–Crippen LogP) is 3.40. The third-order valence-electron chi connectivity index (χ3n) is 4.74. The van der Waals surface area contributed by atoms with E-state index in [9.17, 15) is 4.79 Å². The van der Waals surface area contributed by atoms with Gasteiger partial charge in [-0.3, -0.25) is 4.79 Å². The van der Waals surface area contributed by atoms with Crippen LogP contribution in [0.2, 0.25) is 0 Å². The van der Waals surface area contributed by atoms with Gasteiger partial charge in [0.1, 0.15) is 5.75 Å². The lowest BCUT2D eigenvalue weighted by Gasteiger charge is -2.34. The van der Waals surface area contributed by atoms with Crippen LogP contribution in [0.4, 0.5) is 11.4 Å². The first-order valence-electron chi connectivity index (χ1n) is 9.15. The number of carbonyl (C=O) groups is 1. The van der Waals surface area contributed by atoms with Gasteiger partial charge in [0, 0.05) is 43.1 Å².